The Morgan fingerprint density at radius 1 is 1.50 bits per heavy atom. The first-order valence-electron chi connectivity index (χ1n) is 7.92. The van der Waals surface area contributed by atoms with Gasteiger partial charge in [0.05, 0.1) is 19.3 Å². The summed E-state index contributed by atoms with van der Waals surface area (Å²) >= 11 is 0. The third kappa shape index (κ3) is 4.37. The molecule has 1 aliphatic heterocycles. The monoisotopic (exact) mass is 306 g/mol. The van der Waals surface area contributed by atoms with Crippen molar-refractivity contribution in [1.82, 2.24) is 10.2 Å². The predicted molar refractivity (Wildman–Crippen MR) is 86.2 cm³/mol. The molecule has 1 aliphatic rings. The van der Waals surface area contributed by atoms with Gasteiger partial charge in [-0.05, 0) is 43.0 Å². The van der Waals surface area contributed by atoms with Gasteiger partial charge in [0.25, 0.3) is 0 Å². The molecule has 1 heterocycles. The molecule has 0 bridgehead atoms. The fourth-order valence-corrected chi connectivity index (χ4v) is 2.47. The lowest BCUT2D eigenvalue weighted by Gasteiger charge is -2.23. The molecule has 2 rings (SSSR count). The zero-order valence-corrected chi connectivity index (χ0v) is 13.7. The van der Waals surface area contributed by atoms with E-state index in [1.807, 2.05) is 32.2 Å². The molecule has 1 aromatic rings. The lowest BCUT2D eigenvalue weighted by atomic mass is 10.1. The Labute approximate surface area is 132 Å². The Morgan fingerprint density at radius 2 is 2.32 bits per heavy atom. The number of urea groups is 1. The highest BCUT2D eigenvalue weighted by molar-refractivity contribution is 5.74. The molecule has 2 amide bonds. The number of hydrogen-bond acceptors (Lipinski definition) is 3. The minimum Gasteiger partial charge on any atom is -0.494 e. The number of nitrogens with one attached hydrogen (secondary N) is 1. The number of hydrogen-bond donors (Lipinski definition) is 1. The predicted octanol–water partition coefficient (Wildman–Crippen LogP) is 2.71. The normalized spacial score (nSPS) is 17.3. The van der Waals surface area contributed by atoms with E-state index in [1.165, 1.54) is 0 Å². The second-order valence-corrected chi connectivity index (χ2v) is 5.72. The minimum absolute atomic E-state index is 0.0544. The molecular formula is C17H26N2O3. The summed E-state index contributed by atoms with van der Waals surface area (Å²) in [6, 6.07) is 6.12. The van der Waals surface area contributed by atoms with E-state index >= 15 is 0 Å². The van der Waals surface area contributed by atoms with Crippen molar-refractivity contribution in [3.05, 3.63) is 29.3 Å². The molecule has 22 heavy (non-hydrogen) atoms. The van der Waals surface area contributed by atoms with E-state index in [1.54, 1.807) is 4.90 Å². The average Bonchev–Trinajstić information content (AvgIpc) is 3.05. The fourth-order valence-electron chi connectivity index (χ4n) is 2.47. The molecule has 0 unspecified atom stereocenters. The van der Waals surface area contributed by atoms with Crippen LogP contribution < -0.4 is 10.1 Å². The average molecular weight is 306 g/mol. The number of ether oxygens (including phenoxy) is 2. The lowest BCUT2D eigenvalue weighted by Crippen LogP contribution is -2.43. The largest absolute Gasteiger partial charge is 0.494 e. The van der Waals surface area contributed by atoms with Crippen LogP contribution in [0.25, 0.3) is 0 Å². The van der Waals surface area contributed by atoms with Gasteiger partial charge in [0, 0.05) is 20.2 Å². The summed E-state index contributed by atoms with van der Waals surface area (Å²) in [5.74, 6) is 0.884. The van der Waals surface area contributed by atoms with Crippen molar-refractivity contribution < 1.29 is 14.3 Å². The van der Waals surface area contributed by atoms with Crippen LogP contribution in [-0.2, 0) is 11.3 Å². The van der Waals surface area contributed by atoms with Gasteiger partial charge in [-0.3, -0.25) is 0 Å². The molecule has 1 N–H and O–H groups in total. The molecule has 1 saturated heterocycles. The fraction of sp³-hybridized carbons (Fsp3) is 0.588. The Kier molecular flexibility index (Phi) is 6.07. The van der Waals surface area contributed by atoms with Crippen molar-refractivity contribution in [2.75, 3.05) is 26.9 Å². The maximum Gasteiger partial charge on any atom is 0.317 e. The zero-order chi connectivity index (χ0) is 15.9. The molecule has 1 atom stereocenters. The molecule has 1 aromatic carbocycles. The summed E-state index contributed by atoms with van der Waals surface area (Å²) in [7, 11) is 1.82. The summed E-state index contributed by atoms with van der Waals surface area (Å²) < 4.78 is 10.9. The molecule has 0 aromatic heterocycles. The number of amides is 2. The molecule has 0 spiro atoms. The van der Waals surface area contributed by atoms with Gasteiger partial charge >= 0.3 is 6.03 Å². The van der Waals surface area contributed by atoms with E-state index in [0.29, 0.717) is 13.2 Å². The molecule has 122 valence electrons. The Hall–Kier alpha value is -1.75. The lowest BCUT2D eigenvalue weighted by molar-refractivity contribution is 0.158. The summed E-state index contributed by atoms with van der Waals surface area (Å²) in [6.07, 6.45) is 1.90. The first-order chi connectivity index (χ1) is 10.6. The van der Waals surface area contributed by atoms with Gasteiger partial charge in [-0.2, -0.15) is 0 Å². The second-order valence-electron chi connectivity index (χ2n) is 5.72. The van der Waals surface area contributed by atoms with Crippen LogP contribution in [-0.4, -0.2) is 43.8 Å². The molecule has 0 aliphatic carbocycles. The van der Waals surface area contributed by atoms with Gasteiger partial charge in [-0.15, -0.1) is 0 Å². The standard InChI is InChI=1S/C17H26N2O3/c1-4-8-22-16-6-5-14(13(2)10-16)11-18-17(20)19(3)15-7-9-21-12-15/h5-6,10,15H,4,7-9,11-12H2,1-3H3,(H,18,20)/t15-/m0/s1. The quantitative estimate of drug-likeness (QED) is 0.879. The van der Waals surface area contributed by atoms with E-state index < -0.39 is 0 Å². The first-order valence-corrected chi connectivity index (χ1v) is 7.92. The molecule has 5 nitrogen and oxygen atoms in total. The highest BCUT2D eigenvalue weighted by atomic mass is 16.5. The summed E-state index contributed by atoms with van der Waals surface area (Å²) in [5, 5.41) is 2.97. The third-order valence-corrected chi connectivity index (χ3v) is 3.99. The first kappa shape index (κ1) is 16.6. The molecule has 0 saturated carbocycles. The summed E-state index contributed by atoms with van der Waals surface area (Å²) in [5.41, 5.74) is 2.23. The van der Waals surface area contributed by atoms with Crippen molar-refractivity contribution >= 4 is 6.03 Å². The van der Waals surface area contributed by atoms with Gasteiger partial charge < -0.3 is 19.7 Å². The van der Waals surface area contributed by atoms with Crippen LogP contribution >= 0.6 is 0 Å². The van der Waals surface area contributed by atoms with Crippen LogP contribution in [0.3, 0.4) is 0 Å². The third-order valence-electron chi connectivity index (χ3n) is 3.99. The highest BCUT2D eigenvalue weighted by Gasteiger charge is 2.23. The van der Waals surface area contributed by atoms with Crippen molar-refractivity contribution in [3.63, 3.8) is 0 Å². The second kappa shape index (κ2) is 8.03. The van der Waals surface area contributed by atoms with Gasteiger partial charge in [-0.1, -0.05) is 13.0 Å². The number of carbonyl (C=O) groups is 1. The summed E-state index contributed by atoms with van der Waals surface area (Å²) in [4.78, 5) is 13.9. The number of nitrogens with zero attached hydrogens (tertiary/aromatic N) is 1. The van der Waals surface area contributed by atoms with Crippen LogP contribution in [0.4, 0.5) is 4.79 Å². The van der Waals surface area contributed by atoms with Crippen molar-refractivity contribution in [1.29, 1.82) is 0 Å². The maximum atomic E-state index is 12.2. The van der Waals surface area contributed by atoms with E-state index in [9.17, 15) is 4.79 Å². The Balaban J connectivity index is 1.86. The topological polar surface area (TPSA) is 50.8 Å². The van der Waals surface area contributed by atoms with Crippen LogP contribution in [0.15, 0.2) is 18.2 Å². The van der Waals surface area contributed by atoms with Gasteiger partial charge in [0.1, 0.15) is 5.75 Å². The van der Waals surface area contributed by atoms with Crippen molar-refractivity contribution in [2.24, 2.45) is 0 Å². The Morgan fingerprint density at radius 3 is 2.95 bits per heavy atom. The van der Waals surface area contributed by atoms with Crippen LogP contribution in [0.2, 0.25) is 0 Å². The summed E-state index contributed by atoms with van der Waals surface area (Å²) in [6.45, 7) is 6.74. The molecular weight excluding hydrogens is 280 g/mol. The minimum atomic E-state index is -0.0544. The van der Waals surface area contributed by atoms with Crippen LogP contribution in [0, 0.1) is 6.92 Å². The smallest absolute Gasteiger partial charge is 0.317 e. The molecule has 0 radical (unpaired) electrons. The maximum absolute atomic E-state index is 12.2. The van der Waals surface area contributed by atoms with E-state index in [2.05, 4.69) is 12.2 Å². The van der Waals surface area contributed by atoms with Gasteiger partial charge in [-0.25, -0.2) is 4.79 Å². The van der Waals surface area contributed by atoms with E-state index in [-0.39, 0.29) is 12.1 Å². The van der Waals surface area contributed by atoms with E-state index in [4.69, 9.17) is 9.47 Å². The van der Waals surface area contributed by atoms with Crippen LogP contribution in [0.5, 0.6) is 5.75 Å². The zero-order valence-electron chi connectivity index (χ0n) is 13.7. The van der Waals surface area contributed by atoms with E-state index in [0.717, 1.165) is 42.9 Å². The molecule has 5 heteroatoms. The highest BCUT2D eigenvalue weighted by Crippen LogP contribution is 2.18. The Bertz CT molecular complexity index is 499. The number of carbonyl (C=O) groups excluding carboxylic acids is 1. The van der Waals surface area contributed by atoms with Crippen molar-refractivity contribution in [2.45, 2.75) is 39.3 Å². The van der Waals surface area contributed by atoms with Gasteiger partial charge in [0.15, 0.2) is 0 Å². The number of likely N-dealkylation sites (N-methyl/N-ethyl adjacent to an activating group) is 1. The SMILES string of the molecule is CCCOc1ccc(CNC(=O)N(C)[C@H]2CCOC2)c(C)c1. The number of rotatable bonds is 6. The molecule has 1 fully saturated rings. The number of benzene rings is 1. The van der Waals surface area contributed by atoms with Crippen molar-refractivity contribution in [3.8, 4) is 5.75 Å². The number of aryl methyl sites for hydroxylation is 1. The van der Waals surface area contributed by atoms with Gasteiger partial charge in [0.2, 0.25) is 0 Å². The van der Waals surface area contributed by atoms with Crippen LogP contribution in [0.1, 0.15) is 30.9 Å².